The zero-order valence-corrected chi connectivity index (χ0v) is 8.78. The summed E-state index contributed by atoms with van der Waals surface area (Å²) in [6.07, 6.45) is 1.80. The van der Waals surface area contributed by atoms with Crippen molar-refractivity contribution >= 4 is 35.3 Å². The molecule has 1 fully saturated rings. The molecule has 74 valence electrons. The molecule has 0 radical (unpaired) electrons. The second-order valence-corrected chi connectivity index (χ2v) is 4.75. The first-order valence-corrected chi connectivity index (χ1v) is 6.14. The summed E-state index contributed by atoms with van der Waals surface area (Å²) < 4.78 is 0. The fourth-order valence-electron chi connectivity index (χ4n) is 1.11. The van der Waals surface area contributed by atoms with Crippen LogP contribution in [0.5, 0.6) is 0 Å². The normalized spacial score (nSPS) is 27.8. The van der Waals surface area contributed by atoms with Crippen LogP contribution < -0.4 is 5.32 Å². The van der Waals surface area contributed by atoms with Gasteiger partial charge in [0, 0.05) is 5.75 Å². The number of aliphatic hydroxyl groups excluding tert-OH is 1. The van der Waals surface area contributed by atoms with E-state index < -0.39 is 0 Å². The third-order valence-corrected chi connectivity index (χ3v) is 4.11. The highest BCUT2D eigenvalue weighted by Crippen LogP contribution is 2.27. The van der Waals surface area contributed by atoms with Crippen LogP contribution in [-0.4, -0.2) is 46.0 Å². The van der Waals surface area contributed by atoms with Gasteiger partial charge in [0.25, 0.3) is 0 Å². The van der Waals surface area contributed by atoms with E-state index in [1.54, 1.807) is 6.26 Å². The lowest BCUT2D eigenvalue weighted by Crippen LogP contribution is -2.23. The molecule has 2 N–H and O–H groups in total. The topological polar surface area (TPSA) is 66.4 Å². The predicted molar refractivity (Wildman–Crippen MR) is 53.8 cm³/mol. The predicted octanol–water partition coefficient (Wildman–Crippen LogP) is -0.532. The average Bonchev–Trinajstić information content (AvgIpc) is 2.37. The third kappa shape index (κ3) is 2.38. The summed E-state index contributed by atoms with van der Waals surface area (Å²) in [5, 5.41) is 10.2. The molecule has 6 heteroatoms. The number of hydrogen-bond donors (Lipinski definition) is 2. The number of carbonyl (C=O) groups excluding carboxylic acids is 2. The number of aliphatic hydroxyl groups is 1. The van der Waals surface area contributed by atoms with Gasteiger partial charge < -0.3 is 5.11 Å². The van der Waals surface area contributed by atoms with Gasteiger partial charge in [-0.05, 0) is 6.26 Å². The van der Waals surface area contributed by atoms with E-state index in [1.807, 2.05) is 0 Å². The molecule has 4 nitrogen and oxygen atoms in total. The van der Waals surface area contributed by atoms with Crippen LogP contribution in [0.4, 0.5) is 0 Å². The SMILES string of the molecule is CSC1C(=O)NC(=O)C1SCCO. The van der Waals surface area contributed by atoms with Crippen LogP contribution in [0.25, 0.3) is 0 Å². The molecule has 1 rings (SSSR count). The van der Waals surface area contributed by atoms with Gasteiger partial charge >= 0.3 is 0 Å². The molecule has 2 unspecified atom stereocenters. The Bertz CT molecular complexity index is 222. The van der Waals surface area contributed by atoms with Gasteiger partial charge in [0.05, 0.1) is 6.61 Å². The zero-order chi connectivity index (χ0) is 9.84. The van der Waals surface area contributed by atoms with Gasteiger partial charge in [-0.2, -0.15) is 11.8 Å². The number of thioether (sulfide) groups is 2. The number of rotatable bonds is 4. The minimum absolute atomic E-state index is 0.0315. The Morgan fingerprint density at radius 1 is 1.38 bits per heavy atom. The molecule has 1 saturated heterocycles. The molecular formula is C7H11NO3S2. The molecule has 0 aromatic rings. The van der Waals surface area contributed by atoms with Crippen molar-refractivity contribution in [1.29, 1.82) is 0 Å². The van der Waals surface area contributed by atoms with Crippen molar-refractivity contribution < 1.29 is 14.7 Å². The Morgan fingerprint density at radius 3 is 2.54 bits per heavy atom. The minimum Gasteiger partial charge on any atom is -0.396 e. The maximum atomic E-state index is 11.2. The molecule has 0 saturated carbocycles. The molecule has 2 atom stereocenters. The van der Waals surface area contributed by atoms with Crippen molar-refractivity contribution in [2.75, 3.05) is 18.6 Å². The van der Waals surface area contributed by atoms with Crippen molar-refractivity contribution in [3.63, 3.8) is 0 Å². The smallest absolute Gasteiger partial charge is 0.241 e. The van der Waals surface area contributed by atoms with Crippen LogP contribution >= 0.6 is 23.5 Å². The number of imide groups is 1. The van der Waals surface area contributed by atoms with Crippen LogP contribution in [-0.2, 0) is 9.59 Å². The summed E-state index contributed by atoms with van der Waals surface area (Å²) in [6.45, 7) is 0.0315. The Balaban J connectivity index is 2.58. The highest BCUT2D eigenvalue weighted by atomic mass is 32.2. The minimum atomic E-state index is -0.338. The van der Waals surface area contributed by atoms with Crippen LogP contribution in [0.3, 0.4) is 0 Å². The van der Waals surface area contributed by atoms with Crippen LogP contribution in [0.15, 0.2) is 0 Å². The molecule has 1 aliphatic heterocycles. The Kier molecular flexibility index (Phi) is 4.08. The van der Waals surface area contributed by atoms with Crippen molar-refractivity contribution in [1.82, 2.24) is 5.32 Å². The summed E-state index contributed by atoms with van der Waals surface area (Å²) in [5.41, 5.74) is 0. The highest BCUT2D eigenvalue weighted by Gasteiger charge is 2.41. The van der Waals surface area contributed by atoms with Gasteiger partial charge in [0.1, 0.15) is 10.5 Å². The molecule has 0 aromatic carbocycles. The Morgan fingerprint density at radius 2 is 2.00 bits per heavy atom. The lowest BCUT2D eigenvalue weighted by atomic mass is 10.3. The van der Waals surface area contributed by atoms with Crippen LogP contribution in [0.1, 0.15) is 0 Å². The molecule has 13 heavy (non-hydrogen) atoms. The fourth-order valence-corrected chi connectivity index (χ4v) is 3.19. The quantitative estimate of drug-likeness (QED) is 0.625. The second-order valence-electron chi connectivity index (χ2n) is 2.52. The number of carbonyl (C=O) groups is 2. The number of amides is 2. The van der Waals surface area contributed by atoms with Gasteiger partial charge in [-0.3, -0.25) is 14.9 Å². The van der Waals surface area contributed by atoms with Gasteiger partial charge in [0.2, 0.25) is 11.8 Å². The molecule has 0 spiro atoms. The average molecular weight is 221 g/mol. The first kappa shape index (κ1) is 10.9. The number of nitrogens with one attached hydrogen (secondary N) is 1. The summed E-state index contributed by atoms with van der Waals surface area (Å²) >= 11 is 2.69. The first-order chi connectivity index (χ1) is 6.20. The molecule has 0 aromatic heterocycles. The standard InChI is InChI=1S/C7H11NO3S2/c1-12-4-5(13-3-2-9)7(11)8-6(4)10/h4-5,9H,2-3H2,1H3,(H,8,10,11). The summed E-state index contributed by atoms with van der Waals surface area (Å²) in [4.78, 5) is 22.4. The molecule has 0 aliphatic carbocycles. The molecule has 1 heterocycles. The van der Waals surface area contributed by atoms with Crippen LogP contribution in [0.2, 0.25) is 0 Å². The largest absolute Gasteiger partial charge is 0.396 e. The molecule has 0 bridgehead atoms. The van der Waals surface area contributed by atoms with Gasteiger partial charge in [0.15, 0.2) is 0 Å². The van der Waals surface area contributed by atoms with E-state index in [0.717, 1.165) is 0 Å². The van der Waals surface area contributed by atoms with E-state index >= 15 is 0 Å². The first-order valence-electron chi connectivity index (χ1n) is 3.80. The summed E-state index contributed by atoms with van der Waals surface area (Å²) in [5.74, 6) is 0.0401. The maximum Gasteiger partial charge on any atom is 0.241 e. The Labute approximate surface area is 84.8 Å². The van der Waals surface area contributed by atoms with Crippen molar-refractivity contribution in [2.24, 2.45) is 0 Å². The van der Waals surface area contributed by atoms with Crippen LogP contribution in [0, 0.1) is 0 Å². The van der Waals surface area contributed by atoms with E-state index in [-0.39, 0.29) is 28.9 Å². The number of hydrogen-bond acceptors (Lipinski definition) is 5. The summed E-state index contributed by atoms with van der Waals surface area (Å²) in [7, 11) is 0. The van der Waals surface area contributed by atoms with E-state index in [4.69, 9.17) is 5.11 Å². The Hall–Kier alpha value is -0.200. The zero-order valence-electron chi connectivity index (χ0n) is 7.15. The second kappa shape index (κ2) is 4.88. The lowest BCUT2D eigenvalue weighted by Gasteiger charge is -2.10. The van der Waals surface area contributed by atoms with Crippen molar-refractivity contribution in [3.05, 3.63) is 0 Å². The maximum absolute atomic E-state index is 11.2. The fraction of sp³-hybridized carbons (Fsp3) is 0.714. The van der Waals surface area contributed by atoms with Crippen molar-refractivity contribution in [2.45, 2.75) is 10.5 Å². The van der Waals surface area contributed by atoms with E-state index in [0.29, 0.717) is 5.75 Å². The molecule has 1 aliphatic rings. The molecular weight excluding hydrogens is 210 g/mol. The highest BCUT2D eigenvalue weighted by molar-refractivity contribution is 8.04. The van der Waals surface area contributed by atoms with Gasteiger partial charge in [-0.1, -0.05) is 0 Å². The van der Waals surface area contributed by atoms with E-state index in [9.17, 15) is 9.59 Å². The van der Waals surface area contributed by atoms with Crippen molar-refractivity contribution in [3.8, 4) is 0 Å². The van der Waals surface area contributed by atoms with E-state index in [2.05, 4.69) is 5.32 Å². The monoisotopic (exact) mass is 221 g/mol. The third-order valence-electron chi connectivity index (χ3n) is 1.68. The summed E-state index contributed by atoms with van der Waals surface area (Å²) in [6, 6.07) is 0. The molecule has 2 amide bonds. The van der Waals surface area contributed by atoms with E-state index in [1.165, 1.54) is 23.5 Å². The van der Waals surface area contributed by atoms with Gasteiger partial charge in [-0.25, -0.2) is 0 Å². The van der Waals surface area contributed by atoms with Gasteiger partial charge in [-0.15, -0.1) is 11.8 Å². The lowest BCUT2D eigenvalue weighted by molar-refractivity contribution is -0.124.